The molecule has 1 N–H and O–H groups in total. The molecule has 0 radical (unpaired) electrons. The molecule has 0 aliphatic heterocycles. The van der Waals surface area contributed by atoms with Gasteiger partial charge in [-0.3, -0.25) is 4.79 Å². The molecule has 0 unspecified atom stereocenters. The number of nitrogens with one attached hydrogen (secondary N) is 1. The van der Waals surface area contributed by atoms with Crippen LogP contribution in [-0.4, -0.2) is 9.97 Å². The predicted molar refractivity (Wildman–Crippen MR) is 67.0 cm³/mol. The second-order valence-electron chi connectivity index (χ2n) is 3.75. The summed E-state index contributed by atoms with van der Waals surface area (Å²) < 4.78 is 0. The van der Waals surface area contributed by atoms with Crippen molar-refractivity contribution in [3.63, 3.8) is 0 Å². The van der Waals surface area contributed by atoms with Crippen molar-refractivity contribution >= 4 is 11.3 Å². The summed E-state index contributed by atoms with van der Waals surface area (Å²) in [6.07, 6.45) is 0.785. The van der Waals surface area contributed by atoms with E-state index in [9.17, 15) is 4.79 Å². The van der Waals surface area contributed by atoms with Crippen molar-refractivity contribution in [1.29, 1.82) is 0 Å². The number of rotatable bonds is 2. The molecule has 0 bridgehead atoms. The highest BCUT2D eigenvalue weighted by molar-refractivity contribution is 7.15. The topological polar surface area (TPSA) is 45.8 Å². The van der Waals surface area contributed by atoms with Gasteiger partial charge in [-0.2, -0.15) is 0 Å². The SMILES string of the molecule is CCc1nc(-c2ccc(C)s2)[nH]c(=O)c1C. The number of nitrogens with zero attached hydrogens (tertiary/aromatic N) is 1. The van der Waals surface area contributed by atoms with E-state index in [-0.39, 0.29) is 5.56 Å². The lowest BCUT2D eigenvalue weighted by Crippen LogP contribution is -2.15. The molecule has 0 atom stereocenters. The van der Waals surface area contributed by atoms with Crippen LogP contribution in [-0.2, 0) is 6.42 Å². The molecule has 3 nitrogen and oxygen atoms in total. The number of hydrogen-bond acceptors (Lipinski definition) is 3. The van der Waals surface area contributed by atoms with E-state index in [1.54, 1.807) is 11.3 Å². The molecule has 0 aliphatic carbocycles. The van der Waals surface area contributed by atoms with Crippen LogP contribution in [0.3, 0.4) is 0 Å². The average molecular weight is 234 g/mol. The number of thiophene rings is 1. The van der Waals surface area contributed by atoms with Crippen molar-refractivity contribution in [2.75, 3.05) is 0 Å². The summed E-state index contributed by atoms with van der Waals surface area (Å²) in [5.41, 5.74) is 1.57. The van der Waals surface area contributed by atoms with Crippen LogP contribution in [0, 0.1) is 13.8 Å². The zero-order valence-electron chi connectivity index (χ0n) is 9.63. The highest BCUT2D eigenvalue weighted by atomic mass is 32.1. The van der Waals surface area contributed by atoms with Crippen molar-refractivity contribution in [1.82, 2.24) is 9.97 Å². The van der Waals surface area contributed by atoms with E-state index in [0.717, 1.165) is 22.6 Å². The van der Waals surface area contributed by atoms with Gasteiger partial charge >= 0.3 is 0 Å². The van der Waals surface area contributed by atoms with Gasteiger partial charge in [0, 0.05) is 10.4 Å². The van der Waals surface area contributed by atoms with Crippen LogP contribution in [0.1, 0.15) is 23.1 Å². The molecular formula is C12H14N2OS. The summed E-state index contributed by atoms with van der Waals surface area (Å²) in [7, 11) is 0. The van der Waals surface area contributed by atoms with E-state index in [0.29, 0.717) is 5.82 Å². The van der Waals surface area contributed by atoms with Crippen LogP contribution in [0.15, 0.2) is 16.9 Å². The molecule has 0 amide bonds. The highest BCUT2D eigenvalue weighted by Gasteiger charge is 2.08. The van der Waals surface area contributed by atoms with E-state index in [2.05, 4.69) is 9.97 Å². The van der Waals surface area contributed by atoms with Gasteiger partial charge in [-0.15, -0.1) is 11.3 Å². The van der Waals surface area contributed by atoms with Gasteiger partial charge in [-0.05, 0) is 32.4 Å². The minimum Gasteiger partial charge on any atom is -0.306 e. The molecule has 2 rings (SSSR count). The lowest BCUT2D eigenvalue weighted by atomic mass is 10.2. The van der Waals surface area contributed by atoms with Crippen LogP contribution in [0.2, 0.25) is 0 Å². The molecule has 4 heteroatoms. The van der Waals surface area contributed by atoms with Gasteiger partial charge in [0.15, 0.2) is 5.82 Å². The first-order chi connectivity index (χ1) is 7.61. The van der Waals surface area contributed by atoms with Gasteiger partial charge in [0.25, 0.3) is 5.56 Å². The maximum absolute atomic E-state index is 11.7. The fourth-order valence-corrected chi connectivity index (χ4v) is 2.41. The Bertz CT molecular complexity index is 569. The van der Waals surface area contributed by atoms with Crippen molar-refractivity contribution in [2.45, 2.75) is 27.2 Å². The fourth-order valence-electron chi connectivity index (χ4n) is 1.60. The summed E-state index contributed by atoms with van der Waals surface area (Å²) >= 11 is 1.64. The van der Waals surface area contributed by atoms with E-state index in [1.807, 2.05) is 32.9 Å². The number of aromatic amines is 1. The third-order valence-electron chi connectivity index (χ3n) is 2.56. The molecule has 0 fully saturated rings. The van der Waals surface area contributed by atoms with Crippen LogP contribution < -0.4 is 5.56 Å². The summed E-state index contributed by atoms with van der Waals surface area (Å²) in [6.45, 7) is 5.87. The Morgan fingerprint density at radius 3 is 2.69 bits per heavy atom. The van der Waals surface area contributed by atoms with E-state index >= 15 is 0 Å². The van der Waals surface area contributed by atoms with Gasteiger partial charge in [-0.25, -0.2) is 4.98 Å². The molecule has 0 saturated carbocycles. The van der Waals surface area contributed by atoms with Gasteiger partial charge in [0.05, 0.1) is 10.6 Å². The second kappa shape index (κ2) is 4.22. The highest BCUT2D eigenvalue weighted by Crippen LogP contribution is 2.24. The monoisotopic (exact) mass is 234 g/mol. The van der Waals surface area contributed by atoms with Crippen LogP contribution >= 0.6 is 11.3 Å². The lowest BCUT2D eigenvalue weighted by molar-refractivity contribution is 0.957. The molecule has 2 aromatic heterocycles. The zero-order chi connectivity index (χ0) is 11.7. The zero-order valence-corrected chi connectivity index (χ0v) is 10.4. The molecule has 0 saturated heterocycles. The molecule has 16 heavy (non-hydrogen) atoms. The minimum atomic E-state index is -0.0343. The number of hydrogen-bond donors (Lipinski definition) is 1. The first-order valence-electron chi connectivity index (χ1n) is 5.28. The summed E-state index contributed by atoms with van der Waals surface area (Å²) in [6, 6.07) is 4.03. The Kier molecular flexibility index (Phi) is 2.92. The number of H-pyrrole nitrogens is 1. The minimum absolute atomic E-state index is 0.0343. The Labute approximate surface area is 98.2 Å². The fraction of sp³-hybridized carbons (Fsp3) is 0.333. The third kappa shape index (κ3) is 1.93. The summed E-state index contributed by atoms with van der Waals surface area (Å²) in [5.74, 6) is 0.686. The molecule has 0 spiro atoms. The first kappa shape index (κ1) is 11.1. The first-order valence-corrected chi connectivity index (χ1v) is 6.10. The largest absolute Gasteiger partial charge is 0.306 e. The smallest absolute Gasteiger partial charge is 0.254 e. The second-order valence-corrected chi connectivity index (χ2v) is 5.04. The normalized spacial score (nSPS) is 10.7. The van der Waals surface area contributed by atoms with Gasteiger partial charge in [0.1, 0.15) is 0 Å². The van der Waals surface area contributed by atoms with Crippen molar-refractivity contribution < 1.29 is 0 Å². The van der Waals surface area contributed by atoms with Crippen molar-refractivity contribution in [3.05, 3.63) is 38.6 Å². The molecule has 2 aromatic rings. The van der Waals surface area contributed by atoms with Gasteiger partial charge in [0.2, 0.25) is 0 Å². The van der Waals surface area contributed by atoms with Crippen LogP contribution in [0.4, 0.5) is 0 Å². The third-order valence-corrected chi connectivity index (χ3v) is 3.57. The number of aryl methyl sites for hydroxylation is 2. The van der Waals surface area contributed by atoms with E-state index < -0.39 is 0 Å². The van der Waals surface area contributed by atoms with Gasteiger partial charge in [-0.1, -0.05) is 6.92 Å². The van der Waals surface area contributed by atoms with E-state index in [4.69, 9.17) is 0 Å². The average Bonchev–Trinajstić information content (AvgIpc) is 2.69. The maximum Gasteiger partial charge on any atom is 0.254 e. The Hall–Kier alpha value is -1.42. The predicted octanol–water partition coefficient (Wildman–Crippen LogP) is 2.68. The Morgan fingerprint density at radius 1 is 1.38 bits per heavy atom. The summed E-state index contributed by atoms with van der Waals surface area (Å²) in [5, 5.41) is 0. The van der Waals surface area contributed by atoms with Crippen LogP contribution in [0.25, 0.3) is 10.7 Å². The van der Waals surface area contributed by atoms with E-state index in [1.165, 1.54) is 4.88 Å². The summed E-state index contributed by atoms with van der Waals surface area (Å²) in [4.78, 5) is 21.3. The van der Waals surface area contributed by atoms with Crippen molar-refractivity contribution in [3.8, 4) is 10.7 Å². The molecule has 0 aliphatic rings. The number of aromatic nitrogens is 2. The van der Waals surface area contributed by atoms with Crippen LogP contribution in [0.5, 0.6) is 0 Å². The molecule has 0 aromatic carbocycles. The molecule has 2 heterocycles. The standard InChI is InChI=1S/C12H14N2OS/c1-4-9-8(3)12(15)14-11(13-9)10-6-5-7(2)16-10/h5-6H,4H2,1-3H3,(H,13,14,15). The Balaban J connectivity index is 2.59. The van der Waals surface area contributed by atoms with Gasteiger partial charge < -0.3 is 4.98 Å². The molecule has 84 valence electrons. The maximum atomic E-state index is 11.7. The molecular weight excluding hydrogens is 220 g/mol. The Morgan fingerprint density at radius 2 is 2.12 bits per heavy atom. The lowest BCUT2D eigenvalue weighted by Gasteiger charge is -2.03. The quantitative estimate of drug-likeness (QED) is 0.868. The van der Waals surface area contributed by atoms with Crippen molar-refractivity contribution in [2.24, 2.45) is 0 Å².